The number of nitrogens with zero attached hydrogens (tertiary/aromatic N) is 2. The molecule has 2 aromatic carbocycles. The molecule has 9 heteroatoms. The maximum atomic E-state index is 12.7. The molecule has 29 heavy (non-hydrogen) atoms. The van der Waals surface area contributed by atoms with Crippen molar-refractivity contribution in [3.05, 3.63) is 54.6 Å². The molecule has 0 unspecified atom stereocenters. The summed E-state index contributed by atoms with van der Waals surface area (Å²) < 4.78 is 32.2. The lowest BCUT2D eigenvalue weighted by atomic mass is 10.3. The zero-order chi connectivity index (χ0) is 20.9. The lowest BCUT2D eigenvalue weighted by Gasteiger charge is -2.34. The largest absolute Gasteiger partial charge is 0.484 e. The van der Waals surface area contributed by atoms with Crippen molar-refractivity contribution in [2.75, 3.05) is 38.1 Å². The van der Waals surface area contributed by atoms with Crippen LogP contribution in [0.5, 0.6) is 5.75 Å². The molecule has 1 N–H and O–H groups in total. The Bertz CT molecular complexity index is 971. The normalized spacial score (nSPS) is 15.0. The third-order valence-corrected chi connectivity index (χ3v) is 6.40. The van der Waals surface area contributed by atoms with Gasteiger partial charge in [0, 0.05) is 44.9 Å². The Morgan fingerprint density at radius 1 is 1.00 bits per heavy atom. The first-order chi connectivity index (χ1) is 13.9. The Hall–Kier alpha value is -2.91. The van der Waals surface area contributed by atoms with Crippen molar-refractivity contribution in [1.82, 2.24) is 9.21 Å². The predicted molar refractivity (Wildman–Crippen MR) is 108 cm³/mol. The number of hydrogen-bond donors (Lipinski definition) is 1. The number of carbonyl (C=O) groups excluding carboxylic acids is 2. The van der Waals surface area contributed by atoms with E-state index in [1.807, 2.05) is 0 Å². The Kier molecular flexibility index (Phi) is 6.50. The number of nitrogens with one attached hydrogen (secondary N) is 1. The van der Waals surface area contributed by atoms with E-state index in [1.165, 1.54) is 11.2 Å². The summed E-state index contributed by atoms with van der Waals surface area (Å²) >= 11 is 0. The van der Waals surface area contributed by atoms with Crippen molar-refractivity contribution in [2.45, 2.75) is 11.8 Å². The van der Waals surface area contributed by atoms with Gasteiger partial charge in [-0.25, -0.2) is 8.42 Å². The zero-order valence-corrected chi connectivity index (χ0v) is 16.9. The monoisotopic (exact) mass is 417 g/mol. The van der Waals surface area contributed by atoms with E-state index in [0.29, 0.717) is 24.5 Å². The van der Waals surface area contributed by atoms with Crippen LogP contribution >= 0.6 is 0 Å². The zero-order valence-electron chi connectivity index (χ0n) is 16.1. The lowest BCUT2D eigenvalue weighted by molar-refractivity contribution is -0.134. The number of piperazine rings is 1. The summed E-state index contributed by atoms with van der Waals surface area (Å²) in [7, 11) is -3.55. The Labute approximate surface area is 170 Å². The van der Waals surface area contributed by atoms with Crippen molar-refractivity contribution in [1.29, 1.82) is 0 Å². The number of benzene rings is 2. The van der Waals surface area contributed by atoms with E-state index >= 15 is 0 Å². The molecule has 2 aromatic rings. The molecule has 0 bridgehead atoms. The van der Waals surface area contributed by atoms with E-state index in [-0.39, 0.29) is 36.4 Å². The van der Waals surface area contributed by atoms with Crippen LogP contribution in [0.3, 0.4) is 0 Å². The second-order valence-electron chi connectivity index (χ2n) is 6.60. The highest BCUT2D eigenvalue weighted by molar-refractivity contribution is 7.89. The van der Waals surface area contributed by atoms with Gasteiger partial charge in [0.15, 0.2) is 6.61 Å². The third-order valence-electron chi connectivity index (χ3n) is 4.49. The fourth-order valence-electron chi connectivity index (χ4n) is 3.02. The van der Waals surface area contributed by atoms with Gasteiger partial charge in [-0.1, -0.05) is 24.3 Å². The van der Waals surface area contributed by atoms with Gasteiger partial charge in [0.1, 0.15) is 5.75 Å². The van der Waals surface area contributed by atoms with Crippen LogP contribution in [0.25, 0.3) is 0 Å². The van der Waals surface area contributed by atoms with Gasteiger partial charge in [0.05, 0.1) is 4.90 Å². The molecule has 2 amide bonds. The molecule has 0 spiro atoms. The first-order valence-electron chi connectivity index (χ1n) is 9.20. The summed E-state index contributed by atoms with van der Waals surface area (Å²) in [6, 6.07) is 15.0. The van der Waals surface area contributed by atoms with Gasteiger partial charge in [0.2, 0.25) is 15.9 Å². The molecule has 1 saturated heterocycles. The maximum Gasteiger partial charge on any atom is 0.260 e. The number of rotatable bonds is 6. The number of sulfonamides is 1. The van der Waals surface area contributed by atoms with Crippen LogP contribution < -0.4 is 10.1 Å². The first-order valence-corrected chi connectivity index (χ1v) is 10.6. The van der Waals surface area contributed by atoms with Gasteiger partial charge < -0.3 is 15.0 Å². The van der Waals surface area contributed by atoms with E-state index in [4.69, 9.17) is 4.74 Å². The summed E-state index contributed by atoms with van der Waals surface area (Å²) in [6.45, 7) is 2.34. The van der Waals surface area contributed by atoms with Gasteiger partial charge >= 0.3 is 0 Å². The standard InChI is InChI=1S/C20H23N3O5S/c1-16(24)21-17-6-5-7-18(14-17)28-15-20(25)22-10-12-23(13-11-22)29(26,27)19-8-3-2-4-9-19/h2-9,14H,10-13,15H2,1H3,(H,21,24). The molecule has 8 nitrogen and oxygen atoms in total. The van der Waals surface area contributed by atoms with Gasteiger partial charge in [-0.3, -0.25) is 9.59 Å². The van der Waals surface area contributed by atoms with Gasteiger partial charge in [-0.2, -0.15) is 4.31 Å². The fraction of sp³-hybridized carbons (Fsp3) is 0.300. The van der Waals surface area contributed by atoms with E-state index in [9.17, 15) is 18.0 Å². The molecular weight excluding hydrogens is 394 g/mol. The summed E-state index contributed by atoms with van der Waals surface area (Å²) in [6.07, 6.45) is 0. The number of hydrogen-bond acceptors (Lipinski definition) is 5. The van der Waals surface area contributed by atoms with Crippen molar-refractivity contribution >= 4 is 27.5 Å². The van der Waals surface area contributed by atoms with Crippen LogP contribution in [0.15, 0.2) is 59.5 Å². The Balaban J connectivity index is 1.52. The summed E-state index contributed by atoms with van der Waals surface area (Å²) in [5.74, 6) is 0.0585. The molecule has 1 fully saturated rings. The quantitative estimate of drug-likeness (QED) is 0.770. The lowest BCUT2D eigenvalue weighted by Crippen LogP contribution is -2.51. The van der Waals surface area contributed by atoms with E-state index in [2.05, 4.69) is 5.32 Å². The summed E-state index contributed by atoms with van der Waals surface area (Å²) in [4.78, 5) is 25.4. The summed E-state index contributed by atoms with van der Waals surface area (Å²) in [5, 5.41) is 2.65. The maximum absolute atomic E-state index is 12.7. The van der Waals surface area contributed by atoms with Crippen molar-refractivity contribution in [2.24, 2.45) is 0 Å². The minimum atomic E-state index is -3.55. The number of ether oxygens (including phenoxy) is 1. The van der Waals surface area contributed by atoms with Crippen molar-refractivity contribution < 1.29 is 22.7 Å². The molecule has 0 radical (unpaired) electrons. The highest BCUT2D eigenvalue weighted by atomic mass is 32.2. The van der Waals surface area contributed by atoms with Crippen LogP contribution in [0.1, 0.15) is 6.92 Å². The molecule has 3 rings (SSSR count). The molecule has 1 heterocycles. The van der Waals surface area contributed by atoms with Crippen LogP contribution in [0.2, 0.25) is 0 Å². The molecule has 0 aromatic heterocycles. The van der Waals surface area contributed by atoms with Gasteiger partial charge in [-0.05, 0) is 24.3 Å². The third kappa shape index (κ3) is 5.33. The number of carbonyl (C=O) groups is 2. The molecule has 0 saturated carbocycles. The highest BCUT2D eigenvalue weighted by Gasteiger charge is 2.30. The topological polar surface area (TPSA) is 96.0 Å². The molecule has 1 aliphatic heterocycles. The summed E-state index contributed by atoms with van der Waals surface area (Å²) in [5.41, 5.74) is 0.585. The van der Waals surface area contributed by atoms with E-state index in [1.54, 1.807) is 59.5 Å². The van der Waals surface area contributed by atoms with Crippen LogP contribution in [0, 0.1) is 0 Å². The first kappa shape index (κ1) is 20.8. The highest BCUT2D eigenvalue weighted by Crippen LogP contribution is 2.19. The second-order valence-corrected chi connectivity index (χ2v) is 8.53. The molecule has 0 aliphatic carbocycles. The van der Waals surface area contributed by atoms with Crippen LogP contribution in [-0.2, 0) is 19.6 Å². The molecule has 0 atom stereocenters. The van der Waals surface area contributed by atoms with Crippen molar-refractivity contribution in [3.8, 4) is 5.75 Å². The van der Waals surface area contributed by atoms with Crippen molar-refractivity contribution in [3.63, 3.8) is 0 Å². The van der Waals surface area contributed by atoms with Crippen LogP contribution in [-0.4, -0.2) is 62.2 Å². The Morgan fingerprint density at radius 3 is 2.34 bits per heavy atom. The minimum Gasteiger partial charge on any atom is -0.484 e. The average Bonchev–Trinajstić information content (AvgIpc) is 2.72. The predicted octanol–water partition coefficient (Wildman–Crippen LogP) is 1.56. The number of amides is 2. The molecule has 1 aliphatic rings. The fourth-order valence-corrected chi connectivity index (χ4v) is 4.47. The van der Waals surface area contributed by atoms with Gasteiger partial charge in [-0.15, -0.1) is 0 Å². The van der Waals surface area contributed by atoms with Crippen LogP contribution in [0.4, 0.5) is 5.69 Å². The Morgan fingerprint density at radius 2 is 1.69 bits per heavy atom. The SMILES string of the molecule is CC(=O)Nc1cccc(OCC(=O)N2CCN(S(=O)(=O)c3ccccc3)CC2)c1. The molecular formula is C20H23N3O5S. The average molecular weight is 417 g/mol. The second kappa shape index (κ2) is 9.06. The molecule has 154 valence electrons. The number of anilines is 1. The van der Waals surface area contributed by atoms with E-state index in [0.717, 1.165) is 0 Å². The minimum absolute atomic E-state index is 0.158. The van der Waals surface area contributed by atoms with Gasteiger partial charge in [0.25, 0.3) is 5.91 Å². The van der Waals surface area contributed by atoms with E-state index < -0.39 is 10.0 Å². The smallest absolute Gasteiger partial charge is 0.260 e.